The molecule has 120 valence electrons. The topological polar surface area (TPSA) is 80.5 Å². The minimum Gasteiger partial charge on any atom is -0.268 e. The summed E-state index contributed by atoms with van der Waals surface area (Å²) in [6.45, 7) is 0. The van der Waals surface area contributed by atoms with Gasteiger partial charge in [-0.25, -0.2) is 9.29 Å². The zero-order valence-electron chi connectivity index (χ0n) is 12.0. The third-order valence-corrected chi connectivity index (χ3v) is 4.16. The van der Waals surface area contributed by atoms with Gasteiger partial charge in [-0.05, 0) is 47.7 Å². The van der Waals surface area contributed by atoms with Crippen molar-refractivity contribution in [3.63, 3.8) is 0 Å². The molecule has 0 bridgehead atoms. The summed E-state index contributed by atoms with van der Waals surface area (Å²) in [5.74, 6) is -1.30. The highest BCUT2D eigenvalue weighted by Crippen LogP contribution is 2.36. The van der Waals surface area contributed by atoms with Crippen molar-refractivity contribution in [3.05, 3.63) is 74.9 Å². The first-order chi connectivity index (χ1) is 11.5. The highest BCUT2D eigenvalue weighted by molar-refractivity contribution is 8.19. The molecule has 8 heteroatoms. The summed E-state index contributed by atoms with van der Waals surface area (Å²) in [7, 11) is 0. The molecule has 0 radical (unpaired) electrons. The molecule has 1 aliphatic heterocycles. The SMILES string of the molecule is O=C1S/C(=C\c2ccc([N+](=O)[O-])cc2)C(=O)N1c1ccccc1F. The van der Waals surface area contributed by atoms with Gasteiger partial charge in [0.15, 0.2) is 0 Å². The van der Waals surface area contributed by atoms with Crippen LogP contribution in [0.2, 0.25) is 0 Å². The summed E-state index contributed by atoms with van der Waals surface area (Å²) in [5.41, 5.74) is 0.346. The number of nitrogens with zero attached hydrogens (tertiary/aromatic N) is 2. The molecule has 1 heterocycles. The highest BCUT2D eigenvalue weighted by atomic mass is 32.2. The maximum atomic E-state index is 13.8. The average molecular weight is 344 g/mol. The second-order valence-electron chi connectivity index (χ2n) is 4.82. The maximum absolute atomic E-state index is 13.8. The van der Waals surface area contributed by atoms with E-state index >= 15 is 0 Å². The Morgan fingerprint density at radius 2 is 1.75 bits per heavy atom. The van der Waals surface area contributed by atoms with Gasteiger partial charge in [0, 0.05) is 12.1 Å². The number of carbonyl (C=O) groups excluding carboxylic acids is 2. The van der Waals surface area contributed by atoms with Gasteiger partial charge in [0.05, 0.1) is 15.5 Å². The Labute approximate surface area is 139 Å². The molecular formula is C16H9FN2O4S. The first-order valence-corrected chi connectivity index (χ1v) is 7.56. The quantitative estimate of drug-likeness (QED) is 0.478. The summed E-state index contributed by atoms with van der Waals surface area (Å²) >= 11 is 0.689. The van der Waals surface area contributed by atoms with Crippen LogP contribution < -0.4 is 4.90 Å². The fourth-order valence-electron chi connectivity index (χ4n) is 2.15. The molecule has 0 aliphatic carbocycles. The number of nitro groups is 1. The van der Waals surface area contributed by atoms with Crippen molar-refractivity contribution in [2.45, 2.75) is 0 Å². The van der Waals surface area contributed by atoms with Crippen LogP contribution in [0.4, 0.5) is 20.6 Å². The average Bonchev–Trinajstić information content (AvgIpc) is 2.83. The van der Waals surface area contributed by atoms with Gasteiger partial charge in [0.2, 0.25) is 0 Å². The lowest BCUT2D eigenvalue weighted by Gasteiger charge is -2.12. The Kier molecular flexibility index (Phi) is 4.13. The van der Waals surface area contributed by atoms with Crippen molar-refractivity contribution in [3.8, 4) is 0 Å². The molecule has 2 aromatic carbocycles. The highest BCUT2D eigenvalue weighted by Gasteiger charge is 2.37. The molecule has 0 atom stereocenters. The van der Waals surface area contributed by atoms with Crippen LogP contribution in [-0.4, -0.2) is 16.1 Å². The van der Waals surface area contributed by atoms with Crippen molar-refractivity contribution >= 4 is 40.4 Å². The van der Waals surface area contributed by atoms with Gasteiger partial charge in [0.25, 0.3) is 16.8 Å². The fraction of sp³-hybridized carbons (Fsp3) is 0. The summed E-state index contributed by atoms with van der Waals surface area (Å²) in [6, 6.07) is 11.0. The zero-order valence-corrected chi connectivity index (χ0v) is 12.8. The van der Waals surface area contributed by atoms with E-state index in [1.807, 2.05) is 0 Å². The Hall–Kier alpha value is -3.00. The normalized spacial score (nSPS) is 16.0. The molecule has 24 heavy (non-hydrogen) atoms. The number of rotatable bonds is 3. The van der Waals surface area contributed by atoms with E-state index in [0.717, 1.165) is 4.90 Å². The van der Waals surface area contributed by atoms with Gasteiger partial charge in [-0.1, -0.05) is 12.1 Å². The summed E-state index contributed by atoms with van der Waals surface area (Å²) < 4.78 is 13.8. The van der Waals surface area contributed by atoms with Crippen LogP contribution in [-0.2, 0) is 4.79 Å². The smallest absolute Gasteiger partial charge is 0.268 e. The summed E-state index contributed by atoms with van der Waals surface area (Å²) in [6.07, 6.45) is 1.44. The number of benzene rings is 2. The number of hydrogen-bond donors (Lipinski definition) is 0. The van der Waals surface area contributed by atoms with E-state index < -0.39 is 21.9 Å². The van der Waals surface area contributed by atoms with E-state index in [0.29, 0.717) is 17.3 Å². The molecule has 0 N–H and O–H groups in total. The molecule has 1 fully saturated rings. The van der Waals surface area contributed by atoms with Crippen LogP contribution in [0.5, 0.6) is 0 Å². The minimum absolute atomic E-state index is 0.0772. The van der Waals surface area contributed by atoms with Gasteiger partial charge in [-0.3, -0.25) is 19.7 Å². The van der Waals surface area contributed by atoms with Gasteiger partial charge in [-0.2, -0.15) is 0 Å². The molecule has 1 saturated heterocycles. The Morgan fingerprint density at radius 3 is 2.38 bits per heavy atom. The predicted molar refractivity (Wildman–Crippen MR) is 87.9 cm³/mol. The lowest BCUT2D eigenvalue weighted by Crippen LogP contribution is -2.28. The number of nitro benzene ring substituents is 1. The Balaban J connectivity index is 1.91. The summed E-state index contributed by atoms with van der Waals surface area (Å²) in [4.78, 5) is 35.4. The standard InChI is InChI=1S/C16H9FN2O4S/c17-12-3-1-2-4-13(12)18-15(20)14(24-16(18)21)9-10-5-7-11(8-6-10)19(22)23/h1-9H/b14-9-. The molecule has 0 aromatic heterocycles. The third-order valence-electron chi connectivity index (χ3n) is 3.29. The molecule has 1 aliphatic rings. The second kappa shape index (κ2) is 6.25. The van der Waals surface area contributed by atoms with Gasteiger partial charge >= 0.3 is 0 Å². The van der Waals surface area contributed by atoms with Crippen LogP contribution in [0.15, 0.2) is 53.4 Å². The van der Waals surface area contributed by atoms with Crippen molar-refractivity contribution in [1.82, 2.24) is 0 Å². The minimum atomic E-state index is -0.670. The van der Waals surface area contributed by atoms with Gasteiger partial charge < -0.3 is 0 Å². The number of anilines is 1. The molecule has 0 unspecified atom stereocenters. The van der Waals surface area contributed by atoms with Crippen LogP contribution >= 0.6 is 11.8 Å². The Bertz CT molecular complexity index is 880. The zero-order chi connectivity index (χ0) is 17.3. The fourth-order valence-corrected chi connectivity index (χ4v) is 2.99. The Morgan fingerprint density at radius 1 is 1.08 bits per heavy atom. The number of amides is 2. The van der Waals surface area contributed by atoms with E-state index in [2.05, 4.69) is 0 Å². The van der Waals surface area contributed by atoms with Crippen molar-refractivity contribution in [2.75, 3.05) is 4.90 Å². The largest absolute Gasteiger partial charge is 0.298 e. The third kappa shape index (κ3) is 2.91. The number of para-hydroxylation sites is 1. The molecule has 0 saturated carbocycles. The van der Waals surface area contributed by atoms with Crippen LogP contribution in [0, 0.1) is 15.9 Å². The van der Waals surface area contributed by atoms with E-state index in [1.165, 1.54) is 54.6 Å². The van der Waals surface area contributed by atoms with Crippen LogP contribution in [0.1, 0.15) is 5.56 Å². The van der Waals surface area contributed by atoms with Crippen LogP contribution in [0.25, 0.3) is 6.08 Å². The van der Waals surface area contributed by atoms with E-state index in [-0.39, 0.29) is 16.3 Å². The van der Waals surface area contributed by atoms with Crippen LogP contribution in [0.3, 0.4) is 0 Å². The number of thioether (sulfide) groups is 1. The molecule has 0 spiro atoms. The van der Waals surface area contributed by atoms with Crippen molar-refractivity contribution in [2.24, 2.45) is 0 Å². The second-order valence-corrected chi connectivity index (χ2v) is 5.81. The molecule has 2 amide bonds. The monoisotopic (exact) mass is 344 g/mol. The number of halogens is 1. The number of hydrogen-bond acceptors (Lipinski definition) is 5. The summed E-state index contributed by atoms with van der Waals surface area (Å²) in [5, 5.41) is 10.0. The van der Waals surface area contributed by atoms with E-state index in [1.54, 1.807) is 0 Å². The van der Waals surface area contributed by atoms with Crippen molar-refractivity contribution in [1.29, 1.82) is 0 Å². The number of imide groups is 1. The van der Waals surface area contributed by atoms with Gasteiger partial charge in [0.1, 0.15) is 5.82 Å². The molecule has 3 rings (SSSR count). The molecule has 6 nitrogen and oxygen atoms in total. The first-order valence-electron chi connectivity index (χ1n) is 6.74. The van der Waals surface area contributed by atoms with E-state index in [4.69, 9.17) is 0 Å². The van der Waals surface area contributed by atoms with Gasteiger partial charge in [-0.15, -0.1) is 0 Å². The molecular weight excluding hydrogens is 335 g/mol. The lowest BCUT2D eigenvalue weighted by molar-refractivity contribution is -0.384. The van der Waals surface area contributed by atoms with Crippen molar-refractivity contribution < 1.29 is 18.9 Å². The molecule has 2 aromatic rings. The maximum Gasteiger partial charge on any atom is 0.298 e. The first kappa shape index (κ1) is 15.9. The number of carbonyl (C=O) groups is 2. The van der Waals surface area contributed by atoms with E-state index in [9.17, 15) is 24.1 Å². The predicted octanol–water partition coefficient (Wildman–Crippen LogP) is 3.97. The number of non-ortho nitro benzene ring substituents is 1. The lowest BCUT2D eigenvalue weighted by atomic mass is 10.2.